The van der Waals surface area contributed by atoms with Crippen molar-refractivity contribution in [3.05, 3.63) is 88.5 Å². The summed E-state index contributed by atoms with van der Waals surface area (Å²) < 4.78 is 13.3. The highest BCUT2D eigenvalue weighted by Crippen LogP contribution is 2.30. The highest BCUT2D eigenvalue weighted by molar-refractivity contribution is 14.1. The molecule has 0 radical (unpaired) electrons. The van der Waals surface area contributed by atoms with E-state index in [1.807, 2.05) is 49.4 Å². The second-order valence-corrected chi connectivity index (χ2v) is 10.1. The normalized spacial score (nSPS) is 10.9. The fraction of sp³-hybridized carbons (Fsp3) is 0.167. The molecule has 0 aliphatic carbocycles. The zero-order valence-electron chi connectivity index (χ0n) is 17.6. The van der Waals surface area contributed by atoms with Gasteiger partial charge in [-0.25, -0.2) is 5.43 Å². The highest BCUT2D eigenvalue weighted by atomic mass is 127. The van der Waals surface area contributed by atoms with Crippen LogP contribution < -0.4 is 14.9 Å². The summed E-state index contributed by atoms with van der Waals surface area (Å²) in [4.78, 5) is 12.2. The lowest BCUT2D eigenvalue weighted by atomic mass is 10.1. The number of hydrazone groups is 1. The molecule has 33 heavy (non-hydrogen) atoms. The van der Waals surface area contributed by atoms with Gasteiger partial charge < -0.3 is 9.47 Å². The van der Waals surface area contributed by atoms with Crippen LogP contribution in [-0.2, 0) is 17.8 Å². The topological polar surface area (TPSA) is 59.9 Å². The van der Waals surface area contributed by atoms with Gasteiger partial charge in [0.05, 0.1) is 26.4 Å². The Morgan fingerprint density at radius 3 is 2.36 bits per heavy atom. The molecule has 0 atom stereocenters. The average molecular weight is 709 g/mol. The predicted octanol–water partition coefficient (Wildman–Crippen LogP) is 6.87. The Bertz CT molecular complexity index is 1130. The van der Waals surface area contributed by atoms with Crippen LogP contribution >= 0.6 is 68.4 Å². The van der Waals surface area contributed by atoms with Crippen LogP contribution in [0.4, 0.5) is 0 Å². The largest absolute Gasteiger partial charge is 0.494 e. The predicted molar refractivity (Wildman–Crippen MR) is 150 cm³/mol. The zero-order valence-corrected chi connectivity index (χ0v) is 23.4. The van der Waals surface area contributed by atoms with E-state index in [9.17, 15) is 4.79 Å². The molecule has 0 fully saturated rings. The lowest BCUT2D eigenvalue weighted by Gasteiger charge is -2.12. The average Bonchev–Trinajstić information content (AvgIpc) is 2.76. The van der Waals surface area contributed by atoms with Crippen LogP contribution in [0.5, 0.6) is 11.5 Å². The molecule has 0 aromatic heterocycles. The van der Waals surface area contributed by atoms with Gasteiger partial charge in [0, 0.05) is 15.6 Å². The van der Waals surface area contributed by atoms with E-state index in [4.69, 9.17) is 32.7 Å². The Kier molecular flexibility index (Phi) is 10.1. The van der Waals surface area contributed by atoms with Crippen molar-refractivity contribution in [1.82, 2.24) is 5.43 Å². The number of nitrogens with zero attached hydrogens (tertiary/aromatic N) is 1. The first kappa shape index (κ1) is 26.1. The Labute approximate surface area is 230 Å². The maximum Gasteiger partial charge on any atom is 0.244 e. The maximum absolute atomic E-state index is 12.2. The molecule has 3 aromatic rings. The highest BCUT2D eigenvalue weighted by Gasteiger charge is 2.10. The molecular formula is C24H20Cl2I2N2O3. The summed E-state index contributed by atoms with van der Waals surface area (Å²) in [7, 11) is 0. The standard InChI is InChI=1S/C24H20Cl2I2N2O3/c1-2-32-19-7-3-15(4-8-19)11-23(31)30-29-13-16-9-21(27)24(22(28)10-16)33-14-17-5-6-18(25)12-20(17)26/h3-10,12-13H,2,11,14H2,1H3,(H,30,31)/b29-13+. The van der Waals surface area contributed by atoms with Crippen molar-refractivity contribution in [2.75, 3.05) is 6.61 Å². The van der Waals surface area contributed by atoms with Gasteiger partial charge in [-0.3, -0.25) is 4.79 Å². The fourth-order valence-electron chi connectivity index (χ4n) is 2.85. The second-order valence-electron chi connectivity index (χ2n) is 6.88. The number of halogens is 4. The third-order valence-corrected chi connectivity index (χ3v) is 6.60. The van der Waals surface area contributed by atoms with Crippen molar-refractivity contribution >= 4 is 80.5 Å². The minimum Gasteiger partial charge on any atom is -0.494 e. The minimum absolute atomic E-state index is 0.195. The van der Waals surface area contributed by atoms with Crippen LogP contribution in [0.3, 0.4) is 0 Å². The van der Waals surface area contributed by atoms with E-state index in [1.165, 1.54) is 0 Å². The smallest absolute Gasteiger partial charge is 0.244 e. The molecule has 0 saturated heterocycles. The van der Waals surface area contributed by atoms with Gasteiger partial charge >= 0.3 is 0 Å². The number of ether oxygens (including phenoxy) is 2. The number of hydrogen-bond acceptors (Lipinski definition) is 4. The van der Waals surface area contributed by atoms with Crippen molar-refractivity contribution in [3.63, 3.8) is 0 Å². The molecule has 0 spiro atoms. The van der Waals surface area contributed by atoms with Crippen LogP contribution in [0.15, 0.2) is 59.7 Å². The molecule has 0 bridgehead atoms. The van der Waals surface area contributed by atoms with Gasteiger partial charge in [-0.05, 0) is 99.6 Å². The summed E-state index contributed by atoms with van der Waals surface area (Å²) in [6.45, 7) is 2.87. The van der Waals surface area contributed by atoms with Gasteiger partial charge in [-0.2, -0.15) is 5.10 Å². The van der Waals surface area contributed by atoms with Crippen LogP contribution in [0.2, 0.25) is 10.0 Å². The molecule has 1 N–H and O–H groups in total. The number of carbonyl (C=O) groups is 1. The molecule has 3 aromatic carbocycles. The monoisotopic (exact) mass is 708 g/mol. The molecule has 5 nitrogen and oxygen atoms in total. The van der Waals surface area contributed by atoms with Crippen LogP contribution in [-0.4, -0.2) is 18.7 Å². The summed E-state index contributed by atoms with van der Waals surface area (Å²) in [6.07, 6.45) is 1.85. The maximum atomic E-state index is 12.2. The molecule has 0 aliphatic rings. The molecule has 1 amide bonds. The Morgan fingerprint density at radius 2 is 1.73 bits per heavy atom. The van der Waals surface area contributed by atoms with Crippen LogP contribution in [0, 0.1) is 7.14 Å². The Balaban J connectivity index is 1.57. The summed E-state index contributed by atoms with van der Waals surface area (Å²) in [5.74, 6) is 1.35. The van der Waals surface area contributed by atoms with Gasteiger partial charge in [0.15, 0.2) is 0 Å². The lowest BCUT2D eigenvalue weighted by Crippen LogP contribution is -2.19. The van der Waals surface area contributed by atoms with E-state index >= 15 is 0 Å². The molecule has 0 unspecified atom stereocenters. The van der Waals surface area contributed by atoms with Gasteiger partial charge in [0.1, 0.15) is 18.1 Å². The number of rotatable bonds is 9. The van der Waals surface area contributed by atoms with Crippen LogP contribution in [0.1, 0.15) is 23.6 Å². The molecule has 0 saturated carbocycles. The first-order chi connectivity index (χ1) is 15.9. The van der Waals surface area contributed by atoms with E-state index in [0.717, 1.165) is 35.3 Å². The minimum atomic E-state index is -0.195. The Morgan fingerprint density at radius 1 is 1.03 bits per heavy atom. The van der Waals surface area contributed by atoms with Crippen molar-refractivity contribution < 1.29 is 14.3 Å². The number of amides is 1. The SMILES string of the molecule is CCOc1ccc(CC(=O)N/N=C/c2cc(I)c(OCc3ccc(Cl)cc3Cl)c(I)c2)cc1. The van der Waals surface area contributed by atoms with Gasteiger partial charge in [-0.15, -0.1) is 0 Å². The first-order valence-corrected chi connectivity index (χ1v) is 12.9. The summed E-state index contributed by atoms with van der Waals surface area (Å²) in [5, 5.41) is 5.24. The third kappa shape index (κ3) is 8.01. The summed E-state index contributed by atoms with van der Waals surface area (Å²) in [5.41, 5.74) is 5.16. The van der Waals surface area contributed by atoms with Gasteiger partial charge in [0.2, 0.25) is 5.91 Å². The molecule has 9 heteroatoms. The third-order valence-electron chi connectivity index (χ3n) is 4.41. The lowest BCUT2D eigenvalue weighted by molar-refractivity contribution is -0.120. The van der Waals surface area contributed by atoms with Crippen molar-refractivity contribution in [3.8, 4) is 11.5 Å². The van der Waals surface area contributed by atoms with Crippen LogP contribution in [0.25, 0.3) is 0 Å². The molecule has 172 valence electrons. The molecule has 3 rings (SSSR count). The van der Waals surface area contributed by atoms with E-state index in [-0.39, 0.29) is 12.3 Å². The second kappa shape index (κ2) is 12.8. The zero-order chi connectivity index (χ0) is 23.8. The molecule has 0 heterocycles. The number of hydrogen-bond donors (Lipinski definition) is 1. The summed E-state index contributed by atoms with van der Waals surface area (Å²) in [6, 6.07) is 16.6. The van der Waals surface area contributed by atoms with Crippen molar-refractivity contribution in [1.29, 1.82) is 0 Å². The van der Waals surface area contributed by atoms with Gasteiger partial charge in [0.25, 0.3) is 0 Å². The summed E-state index contributed by atoms with van der Waals surface area (Å²) >= 11 is 16.6. The quantitative estimate of drug-likeness (QED) is 0.150. The van der Waals surface area contributed by atoms with Crippen molar-refractivity contribution in [2.45, 2.75) is 20.0 Å². The molecule has 0 aliphatic heterocycles. The van der Waals surface area contributed by atoms with E-state index in [1.54, 1.807) is 18.3 Å². The van der Waals surface area contributed by atoms with Crippen molar-refractivity contribution in [2.24, 2.45) is 5.10 Å². The van der Waals surface area contributed by atoms with Gasteiger partial charge in [-0.1, -0.05) is 41.4 Å². The fourth-order valence-corrected chi connectivity index (χ4v) is 5.45. The first-order valence-electron chi connectivity index (χ1n) is 9.95. The number of nitrogens with one attached hydrogen (secondary N) is 1. The number of benzene rings is 3. The molecular weight excluding hydrogens is 689 g/mol. The van der Waals surface area contributed by atoms with E-state index < -0.39 is 0 Å². The number of carbonyl (C=O) groups excluding carboxylic acids is 1. The van der Waals surface area contributed by atoms with E-state index in [2.05, 4.69) is 55.7 Å². The van der Waals surface area contributed by atoms with E-state index in [0.29, 0.717) is 23.3 Å². The Hall–Kier alpha value is -1.56.